The van der Waals surface area contributed by atoms with Crippen molar-refractivity contribution >= 4 is 51.7 Å². The molecule has 0 saturated carbocycles. The van der Waals surface area contributed by atoms with Crippen LogP contribution < -0.4 is 10.6 Å². The standard InChI is InChI=1S/C23H15ClF3N7O2/c24-19-11-10-17(12-18(19)23(25,26)27)31-22-20(34(35)36)21(28-13-29-22)30-14-6-8-16(9-7-14)33-32-15-4-2-1-3-5-15/h1-13H,(H2,28,29,30,31). The molecule has 0 aliphatic rings. The Kier molecular flexibility index (Phi) is 7.06. The molecular formula is C23H15ClF3N7O2. The minimum Gasteiger partial charge on any atom is -0.334 e. The number of aromatic nitrogens is 2. The minimum absolute atomic E-state index is 0.0902. The highest BCUT2D eigenvalue weighted by Crippen LogP contribution is 2.38. The molecule has 4 rings (SSSR count). The zero-order chi connectivity index (χ0) is 25.7. The lowest BCUT2D eigenvalue weighted by Gasteiger charge is -2.13. The molecule has 0 fully saturated rings. The summed E-state index contributed by atoms with van der Waals surface area (Å²) in [6.45, 7) is 0. The molecule has 182 valence electrons. The van der Waals surface area contributed by atoms with Crippen LogP contribution in [0.4, 0.5) is 53.2 Å². The average Bonchev–Trinajstić information content (AvgIpc) is 2.85. The summed E-state index contributed by atoms with van der Waals surface area (Å²) < 4.78 is 39.5. The molecule has 0 amide bonds. The summed E-state index contributed by atoms with van der Waals surface area (Å²) in [6, 6.07) is 18.7. The van der Waals surface area contributed by atoms with Gasteiger partial charge in [0.25, 0.3) is 0 Å². The Morgan fingerprint density at radius 2 is 1.39 bits per heavy atom. The maximum atomic E-state index is 13.2. The Labute approximate surface area is 206 Å². The van der Waals surface area contributed by atoms with Crippen LogP contribution in [0, 0.1) is 10.1 Å². The number of nitrogens with one attached hydrogen (secondary N) is 2. The van der Waals surface area contributed by atoms with Crippen molar-refractivity contribution in [3.05, 3.63) is 99.8 Å². The summed E-state index contributed by atoms with van der Waals surface area (Å²) in [5, 5.41) is 24.9. The van der Waals surface area contributed by atoms with Crippen LogP contribution in [-0.4, -0.2) is 14.9 Å². The van der Waals surface area contributed by atoms with Crippen molar-refractivity contribution in [2.75, 3.05) is 10.6 Å². The van der Waals surface area contributed by atoms with E-state index in [1.165, 1.54) is 6.07 Å². The molecule has 0 atom stereocenters. The molecule has 36 heavy (non-hydrogen) atoms. The van der Waals surface area contributed by atoms with Gasteiger partial charge in [0, 0.05) is 11.4 Å². The van der Waals surface area contributed by atoms with Gasteiger partial charge in [0.1, 0.15) is 6.33 Å². The van der Waals surface area contributed by atoms with Gasteiger partial charge in [-0.25, -0.2) is 9.97 Å². The van der Waals surface area contributed by atoms with Gasteiger partial charge < -0.3 is 10.6 Å². The predicted octanol–water partition coefficient (Wildman–Crippen LogP) is 7.96. The Bertz CT molecular complexity index is 1420. The van der Waals surface area contributed by atoms with Crippen LogP contribution in [0.5, 0.6) is 0 Å². The van der Waals surface area contributed by atoms with Crippen molar-refractivity contribution < 1.29 is 18.1 Å². The molecule has 2 N–H and O–H groups in total. The fraction of sp³-hybridized carbons (Fsp3) is 0.0435. The lowest BCUT2D eigenvalue weighted by atomic mass is 10.2. The van der Waals surface area contributed by atoms with Crippen molar-refractivity contribution in [1.82, 2.24) is 9.97 Å². The highest BCUT2D eigenvalue weighted by Gasteiger charge is 2.33. The van der Waals surface area contributed by atoms with E-state index in [1.807, 2.05) is 18.2 Å². The zero-order valence-electron chi connectivity index (χ0n) is 18.1. The SMILES string of the molecule is O=[N+]([O-])c1c(Nc2ccc(N=Nc3ccccc3)cc2)ncnc1Nc1ccc(Cl)c(C(F)(F)F)c1. The smallest absolute Gasteiger partial charge is 0.334 e. The highest BCUT2D eigenvalue weighted by atomic mass is 35.5. The largest absolute Gasteiger partial charge is 0.417 e. The second-order valence-electron chi connectivity index (χ2n) is 7.20. The lowest BCUT2D eigenvalue weighted by molar-refractivity contribution is -0.383. The van der Waals surface area contributed by atoms with Crippen LogP contribution in [0.1, 0.15) is 5.56 Å². The van der Waals surface area contributed by atoms with Gasteiger partial charge in [0.05, 0.1) is 26.9 Å². The van der Waals surface area contributed by atoms with Crippen molar-refractivity contribution in [2.45, 2.75) is 6.18 Å². The summed E-state index contributed by atoms with van der Waals surface area (Å²) in [6.07, 6.45) is -3.66. The van der Waals surface area contributed by atoms with Crippen molar-refractivity contribution in [3.8, 4) is 0 Å². The van der Waals surface area contributed by atoms with Crippen LogP contribution in [-0.2, 0) is 6.18 Å². The number of rotatable bonds is 7. The third-order valence-electron chi connectivity index (χ3n) is 4.71. The number of hydrogen-bond acceptors (Lipinski definition) is 8. The summed E-state index contributed by atoms with van der Waals surface area (Å²) >= 11 is 5.64. The second kappa shape index (κ2) is 10.4. The highest BCUT2D eigenvalue weighted by molar-refractivity contribution is 6.31. The molecule has 13 heteroatoms. The zero-order valence-corrected chi connectivity index (χ0v) is 18.8. The normalized spacial score (nSPS) is 11.4. The second-order valence-corrected chi connectivity index (χ2v) is 7.61. The lowest BCUT2D eigenvalue weighted by Crippen LogP contribution is -2.08. The molecular weight excluding hydrogens is 499 g/mol. The molecule has 1 heterocycles. The van der Waals surface area contributed by atoms with Gasteiger partial charge in [0.15, 0.2) is 0 Å². The maximum absolute atomic E-state index is 13.2. The van der Waals surface area contributed by atoms with E-state index in [-0.39, 0.29) is 17.3 Å². The quantitative estimate of drug-likeness (QED) is 0.147. The Balaban J connectivity index is 1.57. The number of hydrogen-bond donors (Lipinski definition) is 2. The van der Waals surface area contributed by atoms with Crippen LogP contribution in [0.2, 0.25) is 5.02 Å². The number of nitrogens with zero attached hydrogens (tertiary/aromatic N) is 5. The molecule has 9 nitrogen and oxygen atoms in total. The predicted molar refractivity (Wildman–Crippen MR) is 129 cm³/mol. The Hall–Kier alpha value is -4.58. The fourth-order valence-electron chi connectivity index (χ4n) is 3.05. The number of benzene rings is 3. The molecule has 3 aromatic carbocycles. The van der Waals surface area contributed by atoms with Gasteiger partial charge in [0.2, 0.25) is 11.6 Å². The van der Waals surface area contributed by atoms with Crippen molar-refractivity contribution in [3.63, 3.8) is 0 Å². The van der Waals surface area contributed by atoms with E-state index in [9.17, 15) is 23.3 Å². The first-order valence-corrected chi connectivity index (χ1v) is 10.6. The average molecular weight is 514 g/mol. The minimum atomic E-state index is -4.70. The number of alkyl halides is 3. The van der Waals surface area contributed by atoms with E-state index in [0.717, 1.165) is 18.5 Å². The molecule has 0 aliphatic carbocycles. The van der Waals surface area contributed by atoms with E-state index < -0.39 is 27.4 Å². The fourth-order valence-corrected chi connectivity index (χ4v) is 3.27. The van der Waals surface area contributed by atoms with Crippen molar-refractivity contribution in [1.29, 1.82) is 0 Å². The third kappa shape index (κ3) is 5.91. The summed E-state index contributed by atoms with van der Waals surface area (Å²) in [4.78, 5) is 18.8. The topological polar surface area (TPSA) is 118 Å². The van der Waals surface area contributed by atoms with E-state index in [1.54, 1.807) is 36.4 Å². The number of halogens is 4. The van der Waals surface area contributed by atoms with E-state index in [4.69, 9.17) is 11.6 Å². The van der Waals surface area contributed by atoms with Crippen LogP contribution in [0.3, 0.4) is 0 Å². The Morgan fingerprint density at radius 1 is 0.833 bits per heavy atom. The molecule has 0 aliphatic heterocycles. The number of anilines is 4. The third-order valence-corrected chi connectivity index (χ3v) is 5.04. The molecule has 0 bridgehead atoms. The molecule has 0 unspecified atom stereocenters. The van der Waals surface area contributed by atoms with Crippen LogP contribution in [0.25, 0.3) is 0 Å². The van der Waals surface area contributed by atoms with E-state index in [2.05, 4.69) is 30.8 Å². The summed E-state index contributed by atoms with van der Waals surface area (Å²) in [7, 11) is 0. The molecule has 4 aromatic rings. The summed E-state index contributed by atoms with van der Waals surface area (Å²) in [5.41, 5.74) is -0.0611. The van der Waals surface area contributed by atoms with Gasteiger partial charge in [-0.3, -0.25) is 10.1 Å². The Morgan fingerprint density at radius 3 is 1.97 bits per heavy atom. The van der Waals surface area contributed by atoms with Gasteiger partial charge in [-0.1, -0.05) is 29.8 Å². The first kappa shape index (κ1) is 24.5. The van der Waals surface area contributed by atoms with Gasteiger partial charge in [-0.15, -0.1) is 0 Å². The number of nitro groups is 1. The molecule has 0 radical (unpaired) electrons. The first-order valence-electron chi connectivity index (χ1n) is 10.2. The molecule has 0 saturated heterocycles. The van der Waals surface area contributed by atoms with E-state index >= 15 is 0 Å². The van der Waals surface area contributed by atoms with Crippen LogP contribution >= 0.6 is 11.6 Å². The molecule has 0 spiro atoms. The maximum Gasteiger partial charge on any atom is 0.417 e. The first-order chi connectivity index (χ1) is 17.2. The van der Waals surface area contributed by atoms with Gasteiger partial charge in [-0.2, -0.15) is 23.4 Å². The monoisotopic (exact) mass is 513 g/mol. The van der Waals surface area contributed by atoms with Gasteiger partial charge >= 0.3 is 11.9 Å². The van der Waals surface area contributed by atoms with Gasteiger partial charge in [-0.05, 0) is 54.6 Å². The molecule has 1 aromatic heterocycles. The van der Waals surface area contributed by atoms with E-state index in [0.29, 0.717) is 17.1 Å². The summed E-state index contributed by atoms with van der Waals surface area (Å²) in [5.74, 6) is -0.470. The van der Waals surface area contributed by atoms with Crippen LogP contribution in [0.15, 0.2) is 89.4 Å². The van der Waals surface area contributed by atoms with Crippen molar-refractivity contribution in [2.24, 2.45) is 10.2 Å². The number of azo groups is 1.